The van der Waals surface area contributed by atoms with Gasteiger partial charge < -0.3 is 10.6 Å². The summed E-state index contributed by atoms with van der Waals surface area (Å²) in [7, 11) is 0. The zero-order valence-electron chi connectivity index (χ0n) is 9.58. The predicted octanol–water partition coefficient (Wildman–Crippen LogP) is 1.46. The number of amides is 1. The van der Waals surface area contributed by atoms with Crippen molar-refractivity contribution >= 4 is 21.8 Å². The van der Waals surface area contributed by atoms with E-state index in [9.17, 15) is 4.79 Å². The first-order chi connectivity index (χ1) is 8.25. The van der Waals surface area contributed by atoms with Gasteiger partial charge in [-0.05, 0) is 40.9 Å². The number of nitrogens with one attached hydrogen (secondary N) is 2. The summed E-state index contributed by atoms with van der Waals surface area (Å²) in [6.07, 6.45) is 3.90. The molecule has 1 fully saturated rings. The van der Waals surface area contributed by atoms with Gasteiger partial charge in [-0.15, -0.1) is 0 Å². The zero-order chi connectivity index (χ0) is 12.1. The highest BCUT2D eigenvalue weighted by Crippen LogP contribution is 2.28. The van der Waals surface area contributed by atoms with Crippen LogP contribution >= 0.6 is 15.9 Å². The summed E-state index contributed by atoms with van der Waals surface area (Å²) in [6.45, 7) is 2.19. The summed E-state index contributed by atoms with van der Waals surface area (Å²) in [5.41, 5.74) is 1.00. The van der Waals surface area contributed by atoms with Gasteiger partial charge in [0.15, 0.2) is 0 Å². The van der Waals surface area contributed by atoms with E-state index in [1.54, 1.807) is 6.20 Å². The van der Waals surface area contributed by atoms with Crippen molar-refractivity contribution in [3.63, 3.8) is 0 Å². The van der Waals surface area contributed by atoms with Crippen molar-refractivity contribution in [2.45, 2.75) is 19.4 Å². The lowest BCUT2D eigenvalue weighted by atomic mass is 10.3. The van der Waals surface area contributed by atoms with Crippen molar-refractivity contribution < 1.29 is 4.79 Å². The molecule has 1 aliphatic carbocycles. The SMILES string of the molecule is O=C(NCCNCc1ccc(Br)cn1)C1CC1. The lowest BCUT2D eigenvalue weighted by Crippen LogP contribution is -2.32. The van der Waals surface area contributed by atoms with Gasteiger partial charge in [0, 0.05) is 36.2 Å². The fourth-order valence-corrected chi connectivity index (χ4v) is 1.73. The quantitative estimate of drug-likeness (QED) is 0.782. The van der Waals surface area contributed by atoms with Gasteiger partial charge in [-0.2, -0.15) is 0 Å². The molecule has 4 nitrogen and oxygen atoms in total. The molecule has 0 saturated heterocycles. The molecule has 1 amide bonds. The van der Waals surface area contributed by atoms with E-state index in [4.69, 9.17) is 0 Å². The summed E-state index contributed by atoms with van der Waals surface area (Å²) >= 11 is 3.34. The molecule has 2 N–H and O–H groups in total. The minimum Gasteiger partial charge on any atom is -0.355 e. The summed E-state index contributed by atoms with van der Waals surface area (Å²) in [6, 6.07) is 3.94. The number of carbonyl (C=O) groups is 1. The van der Waals surface area contributed by atoms with Crippen molar-refractivity contribution in [3.05, 3.63) is 28.5 Å². The third-order valence-corrected chi connectivity index (χ3v) is 3.11. The fraction of sp³-hybridized carbons (Fsp3) is 0.500. The van der Waals surface area contributed by atoms with Crippen molar-refractivity contribution in [3.8, 4) is 0 Å². The molecule has 0 atom stereocenters. The van der Waals surface area contributed by atoms with E-state index in [0.717, 1.165) is 36.1 Å². The normalized spacial score (nSPS) is 14.6. The first-order valence-electron chi connectivity index (χ1n) is 5.84. The summed E-state index contributed by atoms with van der Waals surface area (Å²) < 4.78 is 0.984. The number of rotatable bonds is 6. The molecular weight excluding hydrogens is 282 g/mol. The Bertz CT molecular complexity index is 376. The molecule has 1 aromatic rings. The van der Waals surface area contributed by atoms with Gasteiger partial charge in [-0.1, -0.05) is 0 Å². The Labute approximate surface area is 109 Å². The summed E-state index contributed by atoms with van der Waals surface area (Å²) in [4.78, 5) is 15.6. The van der Waals surface area contributed by atoms with E-state index >= 15 is 0 Å². The molecule has 0 radical (unpaired) electrons. The Hall–Kier alpha value is -0.940. The molecule has 92 valence electrons. The number of hydrogen-bond acceptors (Lipinski definition) is 3. The molecular formula is C12H16BrN3O. The topological polar surface area (TPSA) is 54.0 Å². The number of halogens is 1. The highest BCUT2D eigenvalue weighted by atomic mass is 79.9. The molecule has 17 heavy (non-hydrogen) atoms. The van der Waals surface area contributed by atoms with Crippen LogP contribution in [0.25, 0.3) is 0 Å². The van der Waals surface area contributed by atoms with Crippen LogP contribution in [0.15, 0.2) is 22.8 Å². The van der Waals surface area contributed by atoms with Gasteiger partial charge in [0.1, 0.15) is 0 Å². The Morgan fingerprint density at radius 2 is 2.24 bits per heavy atom. The molecule has 1 aliphatic rings. The van der Waals surface area contributed by atoms with E-state index in [1.807, 2.05) is 12.1 Å². The highest BCUT2D eigenvalue weighted by molar-refractivity contribution is 9.10. The molecule has 2 rings (SSSR count). The van der Waals surface area contributed by atoms with Crippen LogP contribution in [0.5, 0.6) is 0 Å². The van der Waals surface area contributed by atoms with Crippen molar-refractivity contribution in [2.24, 2.45) is 5.92 Å². The van der Waals surface area contributed by atoms with Gasteiger partial charge in [-0.25, -0.2) is 0 Å². The fourth-order valence-electron chi connectivity index (χ4n) is 1.49. The molecule has 1 aromatic heterocycles. The maximum atomic E-state index is 11.3. The van der Waals surface area contributed by atoms with E-state index in [1.165, 1.54) is 0 Å². The number of carbonyl (C=O) groups excluding carboxylic acids is 1. The second-order valence-corrected chi connectivity index (χ2v) is 5.13. The first kappa shape index (κ1) is 12.5. The lowest BCUT2D eigenvalue weighted by molar-refractivity contribution is -0.122. The average Bonchev–Trinajstić information content (AvgIpc) is 3.15. The summed E-state index contributed by atoms with van der Waals surface area (Å²) in [5, 5.41) is 6.15. The van der Waals surface area contributed by atoms with Crippen LogP contribution in [0, 0.1) is 5.92 Å². The van der Waals surface area contributed by atoms with Gasteiger partial charge in [0.2, 0.25) is 5.91 Å². The van der Waals surface area contributed by atoms with Crippen LogP contribution in [0.1, 0.15) is 18.5 Å². The third kappa shape index (κ3) is 4.44. The third-order valence-electron chi connectivity index (χ3n) is 2.64. The Morgan fingerprint density at radius 1 is 1.41 bits per heavy atom. The maximum absolute atomic E-state index is 11.3. The largest absolute Gasteiger partial charge is 0.355 e. The van der Waals surface area contributed by atoms with Gasteiger partial charge in [-0.3, -0.25) is 9.78 Å². The predicted molar refractivity (Wildman–Crippen MR) is 69.4 cm³/mol. The molecule has 1 saturated carbocycles. The molecule has 0 spiro atoms. The lowest BCUT2D eigenvalue weighted by Gasteiger charge is -2.06. The molecule has 0 aliphatic heterocycles. The van der Waals surface area contributed by atoms with Crippen LogP contribution in [0.3, 0.4) is 0 Å². The van der Waals surface area contributed by atoms with Crippen LogP contribution < -0.4 is 10.6 Å². The molecule has 0 aromatic carbocycles. The molecule has 0 bridgehead atoms. The molecule has 0 unspecified atom stereocenters. The van der Waals surface area contributed by atoms with E-state index in [0.29, 0.717) is 12.5 Å². The van der Waals surface area contributed by atoms with Gasteiger partial charge in [0.25, 0.3) is 0 Å². The van der Waals surface area contributed by atoms with Crippen LogP contribution in [0.2, 0.25) is 0 Å². The van der Waals surface area contributed by atoms with E-state index < -0.39 is 0 Å². The van der Waals surface area contributed by atoms with Crippen LogP contribution in [-0.2, 0) is 11.3 Å². The Balaban J connectivity index is 1.56. The minimum absolute atomic E-state index is 0.202. The monoisotopic (exact) mass is 297 g/mol. The standard InChI is InChI=1S/C12H16BrN3O/c13-10-3-4-11(16-7-10)8-14-5-6-15-12(17)9-1-2-9/h3-4,7,9,14H,1-2,5-6,8H2,(H,15,17). The number of aromatic nitrogens is 1. The number of nitrogens with zero attached hydrogens (tertiary/aromatic N) is 1. The molecule has 5 heteroatoms. The first-order valence-corrected chi connectivity index (χ1v) is 6.64. The Morgan fingerprint density at radius 3 is 2.88 bits per heavy atom. The van der Waals surface area contributed by atoms with Gasteiger partial charge >= 0.3 is 0 Å². The van der Waals surface area contributed by atoms with E-state index in [2.05, 4.69) is 31.5 Å². The minimum atomic E-state index is 0.202. The highest BCUT2D eigenvalue weighted by Gasteiger charge is 2.28. The second kappa shape index (κ2) is 6.12. The summed E-state index contributed by atoms with van der Waals surface area (Å²) in [5.74, 6) is 0.497. The number of hydrogen-bond donors (Lipinski definition) is 2. The van der Waals surface area contributed by atoms with Crippen molar-refractivity contribution in [1.82, 2.24) is 15.6 Å². The smallest absolute Gasteiger partial charge is 0.223 e. The molecule has 1 heterocycles. The van der Waals surface area contributed by atoms with Gasteiger partial charge in [0.05, 0.1) is 5.69 Å². The van der Waals surface area contributed by atoms with Crippen LogP contribution in [0.4, 0.5) is 0 Å². The van der Waals surface area contributed by atoms with Crippen LogP contribution in [-0.4, -0.2) is 24.0 Å². The Kier molecular flexibility index (Phi) is 4.50. The average molecular weight is 298 g/mol. The number of pyridine rings is 1. The zero-order valence-corrected chi connectivity index (χ0v) is 11.2. The van der Waals surface area contributed by atoms with E-state index in [-0.39, 0.29) is 5.91 Å². The van der Waals surface area contributed by atoms with Crippen molar-refractivity contribution in [1.29, 1.82) is 0 Å². The second-order valence-electron chi connectivity index (χ2n) is 4.21. The maximum Gasteiger partial charge on any atom is 0.223 e. The van der Waals surface area contributed by atoms with Crippen molar-refractivity contribution in [2.75, 3.05) is 13.1 Å².